The Hall–Kier alpha value is -4.07. The molecular weight excluding hydrogens is 449 g/mol. The fourth-order valence-corrected chi connectivity index (χ4v) is 4.85. The van der Waals surface area contributed by atoms with Crippen molar-refractivity contribution in [2.24, 2.45) is 0 Å². The van der Waals surface area contributed by atoms with Gasteiger partial charge in [-0.15, -0.1) is 0 Å². The minimum Gasteiger partial charge on any atom is -0.502 e. The second-order valence-corrected chi connectivity index (χ2v) is 8.63. The lowest BCUT2D eigenvalue weighted by Gasteiger charge is -2.46. The van der Waals surface area contributed by atoms with Gasteiger partial charge in [0.25, 0.3) is 5.91 Å². The van der Waals surface area contributed by atoms with E-state index in [0.29, 0.717) is 18.4 Å². The lowest BCUT2D eigenvalue weighted by Crippen LogP contribution is -2.58. The van der Waals surface area contributed by atoms with Crippen LogP contribution in [0.25, 0.3) is 0 Å². The molecule has 35 heavy (non-hydrogen) atoms. The average Bonchev–Trinajstić information content (AvgIpc) is 2.86. The lowest BCUT2D eigenvalue weighted by molar-refractivity contribution is 0.0584. The first kappa shape index (κ1) is 22.7. The zero-order valence-electron chi connectivity index (χ0n) is 19.3. The van der Waals surface area contributed by atoms with Gasteiger partial charge in [0.1, 0.15) is 19.3 Å². The molecule has 0 fully saturated rings. The van der Waals surface area contributed by atoms with E-state index >= 15 is 4.39 Å². The van der Waals surface area contributed by atoms with E-state index in [9.17, 15) is 14.7 Å². The molecule has 5 rings (SSSR count). The van der Waals surface area contributed by atoms with Crippen LogP contribution in [0.3, 0.4) is 0 Å². The molecule has 8 heteroatoms. The van der Waals surface area contributed by atoms with Crippen LogP contribution < -0.4 is 15.2 Å². The summed E-state index contributed by atoms with van der Waals surface area (Å²) in [6.07, 6.45) is 6.44. The van der Waals surface area contributed by atoms with Crippen LogP contribution >= 0.6 is 0 Å². The number of benzene rings is 2. The molecule has 0 aliphatic carbocycles. The third-order valence-electron chi connectivity index (χ3n) is 6.61. The summed E-state index contributed by atoms with van der Waals surface area (Å²) < 4.78 is 22.5. The molecule has 2 aromatic carbocycles. The Morgan fingerprint density at radius 2 is 1.86 bits per heavy atom. The Bertz CT molecular complexity index is 1340. The Balaban J connectivity index is 1.82. The number of pyridine rings is 1. The zero-order valence-corrected chi connectivity index (χ0v) is 19.3. The van der Waals surface area contributed by atoms with Gasteiger partial charge in [0, 0.05) is 23.9 Å². The summed E-state index contributed by atoms with van der Waals surface area (Å²) in [5.41, 5.74) is 0.660. The van der Waals surface area contributed by atoms with Gasteiger partial charge in [-0.1, -0.05) is 61.5 Å². The minimum atomic E-state index is -0.633. The third-order valence-corrected chi connectivity index (χ3v) is 6.61. The van der Waals surface area contributed by atoms with Crippen molar-refractivity contribution >= 4 is 5.91 Å². The number of hydrogen-bond donors (Lipinski definition) is 1. The number of carbonyl (C=O) groups excluding carboxylic acids is 1. The number of aromatic hydroxyl groups is 1. The van der Waals surface area contributed by atoms with Crippen molar-refractivity contribution in [3.8, 4) is 11.5 Å². The van der Waals surface area contributed by atoms with Gasteiger partial charge in [-0.3, -0.25) is 19.3 Å². The lowest BCUT2D eigenvalue weighted by atomic mass is 9.96. The highest BCUT2D eigenvalue weighted by atomic mass is 19.1. The quantitative estimate of drug-likeness (QED) is 0.568. The standard InChI is InChI=1S/C27H26FN3O4/c1-2-19-11-6-7-16-35-26-20(12-8-13-21(26)28)23(18-9-4-3-5-10-18)31-17-29(19)27(34)24-25(33)22(32)14-15-30(24)31/h3-10,12-15,19,23,33H,2,11,16-17H2,1H3/b7-6+/t19-,23+/m1/s1. The molecule has 0 saturated heterocycles. The summed E-state index contributed by atoms with van der Waals surface area (Å²) >= 11 is 0. The molecule has 7 nitrogen and oxygen atoms in total. The molecule has 2 bridgehead atoms. The Kier molecular flexibility index (Phi) is 6.03. The Labute approximate surface area is 202 Å². The van der Waals surface area contributed by atoms with Crippen molar-refractivity contribution in [2.45, 2.75) is 31.8 Å². The van der Waals surface area contributed by atoms with Gasteiger partial charge in [-0.05, 0) is 24.5 Å². The number of hydrogen-bond acceptors (Lipinski definition) is 5. The summed E-state index contributed by atoms with van der Waals surface area (Å²) in [5.74, 6) is -1.40. The van der Waals surface area contributed by atoms with E-state index in [1.54, 1.807) is 17.0 Å². The number of fused-ring (bicyclic) bond motifs is 5. The van der Waals surface area contributed by atoms with Crippen molar-refractivity contribution in [3.63, 3.8) is 0 Å². The number of carbonyl (C=O) groups is 1. The molecule has 3 aromatic rings. The molecule has 1 N–H and O–H groups in total. The van der Waals surface area contributed by atoms with Crippen LogP contribution in [0.4, 0.5) is 4.39 Å². The van der Waals surface area contributed by atoms with Crippen LogP contribution in [0.5, 0.6) is 11.5 Å². The van der Waals surface area contributed by atoms with Crippen molar-refractivity contribution < 1.29 is 19.0 Å². The Morgan fingerprint density at radius 3 is 2.63 bits per heavy atom. The first-order valence-electron chi connectivity index (χ1n) is 11.6. The molecule has 2 aliphatic rings. The minimum absolute atomic E-state index is 0.108. The molecule has 2 atom stereocenters. The maximum absolute atomic E-state index is 15.1. The Morgan fingerprint density at radius 1 is 1.06 bits per heavy atom. The molecule has 2 aliphatic heterocycles. The third kappa shape index (κ3) is 3.95. The second-order valence-electron chi connectivity index (χ2n) is 8.63. The van der Waals surface area contributed by atoms with Crippen LogP contribution in [-0.4, -0.2) is 39.9 Å². The van der Waals surface area contributed by atoms with Crippen molar-refractivity contribution in [1.29, 1.82) is 0 Å². The van der Waals surface area contributed by atoms with Gasteiger partial charge in [0.2, 0.25) is 5.43 Å². The number of aromatic nitrogens is 1. The maximum atomic E-state index is 15.1. The monoisotopic (exact) mass is 475 g/mol. The SMILES string of the molecule is CC[C@@H]1C/C=C/COc2c(F)cccc2[C@H](c2ccccc2)N2CN1C(=O)c1c(O)c(=O)ccn12. The van der Waals surface area contributed by atoms with Crippen LogP contribution in [0.2, 0.25) is 0 Å². The predicted octanol–water partition coefficient (Wildman–Crippen LogP) is 3.95. The molecule has 3 heterocycles. The molecule has 0 saturated carbocycles. The summed E-state index contributed by atoms with van der Waals surface area (Å²) in [6.45, 7) is 2.34. The van der Waals surface area contributed by atoms with Gasteiger partial charge in [0.15, 0.2) is 23.0 Å². The number of ether oxygens (including phenoxy) is 1. The van der Waals surface area contributed by atoms with Gasteiger partial charge in [-0.2, -0.15) is 0 Å². The average molecular weight is 476 g/mol. The topological polar surface area (TPSA) is 75.0 Å². The van der Waals surface area contributed by atoms with E-state index in [-0.39, 0.29) is 30.8 Å². The summed E-state index contributed by atoms with van der Waals surface area (Å²) in [5, 5.41) is 12.6. The number of rotatable bonds is 2. The normalized spacial score (nSPS) is 20.7. The molecule has 0 radical (unpaired) electrons. The second kappa shape index (κ2) is 9.29. The van der Waals surface area contributed by atoms with Crippen LogP contribution in [0.1, 0.15) is 47.4 Å². The summed E-state index contributed by atoms with van der Waals surface area (Å²) in [4.78, 5) is 27.6. The first-order valence-corrected chi connectivity index (χ1v) is 11.6. The van der Waals surface area contributed by atoms with E-state index in [0.717, 1.165) is 5.56 Å². The van der Waals surface area contributed by atoms with Crippen molar-refractivity contribution in [3.05, 3.63) is 106 Å². The van der Waals surface area contributed by atoms with E-state index in [1.165, 1.54) is 23.0 Å². The smallest absolute Gasteiger partial charge is 0.278 e. The number of para-hydroxylation sites is 1. The van der Waals surface area contributed by atoms with Crippen molar-refractivity contribution in [2.75, 3.05) is 18.3 Å². The van der Waals surface area contributed by atoms with E-state index in [1.807, 2.05) is 54.4 Å². The number of amides is 1. The van der Waals surface area contributed by atoms with E-state index in [4.69, 9.17) is 4.74 Å². The summed E-state index contributed by atoms with van der Waals surface area (Å²) in [7, 11) is 0. The predicted molar refractivity (Wildman–Crippen MR) is 130 cm³/mol. The zero-order chi connectivity index (χ0) is 24.5. The molecule has 0 spiro atoms. The molecular formula is C27H26FN3O4. The van der Waals surface area contributed by atoms with Crippen LogP contribution in [0.15, 0.2) is 77.7 Å². The number of halogens is 1. The van der Waals surface area contributed by atoms with E-state index in [2.05, 4.69) is 0 Å². The highest BCUT2D eigenvalue weighted by Crippen LogP contribution is 2.38. The fourth-order valence-electron chi connectivity index (χ4n) is 4.85. The van der Waals surface area contributed by atoms with Gasteiger partial charge in [-0.25, -0.2) is 4.39 Å². The largest absolute Gasteiger partial charge is 0.502 e. The van der Waals surface area contributed by atoms with Crippen molar-refractivity contribution in [1.82, 2.24) is 9.58 Å². The van der Waals surface area contributed by atoms with E-state index < -0.39 is 28.9 Å². The fraction of sp³-hybridized carbons (Fsp3) is 0.259. The van der Waals surface area contributed by atoms with Crippen LogP contribution in [-0.2, 0) is 0 Å². The molecule has 180 valence electrons. The highest BCUT2D eigenvalue weighted by Gasteiger charge is 2.39. The highest BCUT2D eigenvalue weighted by molar-refractivity contribution is 5.96. The van der Waals surface area contributed by atoms with Gasteiger partial charge in [0.05, 0.1) is 0 Å². The summed E-state index contributed by atoms with van der Waals surface area (Å²) in [6, 6.07) is 14.8. The maximum Gasteiger partial charge on any atom is 0.278 e. The molecule has 0 unspecified atom stereocenters. The first-order chi connectivity index (χ1) is 17.0. The van der Waals surface area contributed by atoms with Crippen LogP contribution in [0, 0.1) is 5.82 Å². The molecule has 1 aromatic heterocycles. The molecule has 1 amide bonds. The van der Waals surface area contributed by atoms with Gasteiger partial charge >= 0.3 is 0 Å². The number of nitrogens with zero attached hydrogens (tertiary/aromatic N) is 3. The van der Waals surface area contributed by atoms with Gasteiger partial charge < -0.3 is 14.7 Å².